The lowest BCUT2D eigenvalue weighted by molar-refractivity contribution is 0.763. The molecular formula is C15H18BrN3. The van der Waals surface area contributed by atoms with Gasteiger partial charge in [-0.25, -0.2) is 9.97 Å². The lowest BCUT2D eigenvalue weighted by Gasteiger charge is -2.16. The number of nitrogens with one attached hydrogen (secondary N) is 1. The van der Waals surface area contributed by atoms with Crippen LogP contribution in [0.25, 0.3) is 0 Å². The highest BCUT2D eigenvalue weighted by atomic mass is 79.9. The molecule has 0 aliphatic carbocycles. The van der Waals surface area contributed by atoms with E-state index in [0.717, 1.165) is 16.2 Å². The smallest absolute Gasteiger partial charge is 0.134 e. The van der Waals surface area contributed by atoms with E-state index in [9.17, 15) is 0 Å². The maximum Gasteiger partial charge on any atom is 0.134 e. The van der Waals surface area contributed by atoms with Gasteiger partial charge in [0, 0.05) is 18.0 Å². The molecule has 1 unspecified atom stereocenters. The molecule has 0 saturated heterocycles. The number of anilines is 1. The summed E-state index contributed by atoms with van der Waals surface area (Å²) >= 11 is 3.44. The van der Waals surface area contributed by atoms with Gasteiger partial charge in [-0.1, -0.05) is 44.2 Å². The first-order valence-electron chi connectivity index (χ1n) is 6.42. The lowest BCUT2D eigenvalue weighted by Crippen LogP contribution is -2.10. The van der Waals surface area contributed by atoms with Gasteiger partial charge in [-0.2, -0.15) is 0 Å². The Hall–Kier alpha value is -1.42. The van der Waals surface area contributed by atoms with E-state index in [1.807, 2.05) is 24.3 Å². The van der Waals surface area contributed by atoms with E-state index in [1.54, 1.807) is 0 Å². The zero-order chi connectivity index (χ0) is 13.8. The van der Waals surface area contributed by atoms with Crippen molar-refractivity contribution in [1.82, 2.24) is 9.97 Å². The Kier molecular flexibility index (Phi) is 4.53. The first-order valence-corrected chi connectivity index (χ1v) is 7.21. The average Bonchev–Trinajstić information content (AvgIpc) is 2.39. The topological polar surface area (TPSA) is 37.8 Å². The highest BCUT2D eigenvalue weighted by Gasteiger charge is 2.10. The number of hydrogen-bond acceptors (Lipinski definition) is 3. The van der Waals surface area contributed by atoms with Crippen LogP contribution in [-0.2, 0) is 0 Å². The number of aromatic nitrogens is 2. The van der Waals surface area contributed by atoms with E-state index < -0.39 is 0 Å². The Balaban J connectivity index is 2.19. The number of benzene rings is 1. The van der Waals surface area contributed by atoms with Crippen molar-refractivity contribution in [2.75, 3.05) is 5.32 Å². The summed E-state index contributed by atoms with van der Waals surface area (Å²) in [7, 11) is 0. The summed E-state index contributed by atoms with van der Waals surface area (Å²) in [6.07, 6.45) is 0. The maximum absolute atomic E-state index is 4.55. The van der Waals surface area contributed by atoms with Gasteiger partial charge in [-0.15, -0.1) is 0 Å². The van der Waals surface area contributed by atoms with Gasteiger partial charge in [0.05, 0.1) is 0 Å². The molecule has 0 radical (unpaired) electrons. The molecule has 0 fully saturated rings. The molecule has 1 N–H and O–H groups in total. The molecule has 0 spiro atoms. The van der Waals surface area contributed by atoms with Crippen molar-refractivity contribution in [1.29, 1.82) is 0 Å². The van der Waals surface area contributed by atoms with Crippen LogP contribution in [0.3, 0.4) is 0 Å². The molecule has 3 nitrogen and oxygen atoms in total. The molecule has 2 aromatic rings. The van der Waals surface area contributed by atoms with E-state index in [-0.39, 0.29) is 6.04 Å². The number of hydrogen-bond donors (Lipinski definition) is 1. The number of nitrogens with zero attached hydrogens (tertiary/aromatic N) is 2. The highest BCUT2D eigenvalue weighted by molar-refractivity contribution is 9.10. The second-order valence-electron chi connectivity index (χ2n) is 4.87. The summed E-state index contributed by atoms with van der Waals surface area (Å²) < 4.78 is 0.814. The van der Waals surface area contributed by atoms with Crippen LogP contribution in [0.4, 0.5) is 5.82 Å². The normalized spacial score (nSPS) is 12.5. The van der Waals surface area contributed by atoms with E-state index in [2.05, 4.69) is 64.1 Å². The minimum Gasteiger partial charge on any atom is -0.363 e. The zero-order valence-corrected chi connectivity index (χ0v) is 13.0. The van der Waals surface area contributed by atoms with E-state index >= 15 is 0 Å². The maximum atomic E-state index is 4.55. The van der Waals surface area contributed by atoms with E-state index in [1.165, 1.54) is 5.56 Å². The molecule has 0 amide bonds. The minimum absolute atomic E-state index is 0.211. The molecular weight excluding hydrogens is 302 g/mol. The molecule has 1 aromatic carbocycles. The third-order valence-corrected chi connectivity index (χ3v) is 3.30. The lowest BCUT2D eigenvalue weighted by atomic mass is 10.1. The fourth-order valence-corrected chi connectivity index (χ4v) is 2.21. The van der Waals surface area contributed by atoms with Crippen molar-refractivity contribution in [3.8, 4) is 0 Å². The summed E-state index contributed by atoms with van der Waals surface area (Å²) in [5.41, 5.74) is 1.24. The van der Waals surface area contributed by atoms with E-state index in [0.29, 0.717) is 5.92 Å². The van der Waals surface area contributed by atoms with Crippen molar-refractivity contribution >= 4 is 21.7 Å². The van der Waals surface area contributed by atoms with Crippen molar-refractivity contribution < 1.29 is 0 Å². The fraction of sp³-hybridized carbons (Fsp3) is 0.333. The van der Waals surface area contributed by atoms with Gasteiger partial charge < -0.3 is 5.32 Å². The van der Waals surface area contributed by atoms with Gasteiger partial charge in [0.15, 0.2) is 0 Å². The molecule has 1 atom stereocenters. The van der Waals surface area contributed by atoms with Crippen LogP contribution < -0.4 is 5.32 Å². The molecule has 100 valence electrons. The molecule has 2 rings (SSSR count). The Morgan fingerprint density at radius 1 is 1.05 bits per heavy atom. The largest absolute Gasteiger partial charge is 0.363 e. The van der Waals surface area contributed by atoms with Crippen LogP contribution in [0.15, 0.2) is 41.0 Å². The molecule has 0 saturated carbocycles. The summed E-state index contributed by atoms with van der Waals surface area (Å²) in [5, 5.41) is 3.41. The van der Waals surface area contributed by atoms with Crippen molar-refractivity contribution in [3.63, 3.8) is 0 Å². The number of rotatable bonds is 4. The molecule has 1 aromatic heterocycles. The standard InChI is InChI=1S/C15H18BrN3/c1-10(2)15-18-13(16)9-14(19-15)17-11(3)12-7-5-4-6-8-12/h4-11H,1-3H3,(H,17,18,19). The third kappa shape index (κ3) is 3.77. The van der Waals surface area contributed by atoms with Crippen molar-refractivity contribution in [2.24, 2.45) is 0 Å². The molecule has 1 heterocycles. The molecule has 19 heavy (non-hydrogen) atoms. The SMILES string of the molecule is CC(C)c1nc(Br)cc(NC(C)c2ccccc2)n1. The van der Waals surface area contributed by atoms with Gasteiger partial charge in [0.25, 0.3) is 0 Å². The first-order chi connectivity index (χ1) is 9.06. The van der Waals surface area contributed by atoms with Crippen LogP contribution in [0.2, 0.25) is 0 Å². The summed E-state index contributed by atoms with van der Waals surface area (Å²) in [6.45, 7) is 6.30. The first kappa shape index (κ1) is 14.0. The predicted octanol–water partition coefficient (Wildman–Crippen LogP) is 4.54. The Labute approximate surface area is 122 Å². The third-order valence-electron chi connectivity index (χ3n) is 2.89. The van der Waals surface area contributed by atoms with Gasteiger partial charge >= 0.3 is 0 Å². The summed E-state index contributed by atoms with van der Waals surface area (Å²) in [5.74, 6) is 2.00. The number of halogens is 1. The summed E-state index contributed by atoms with van der Waals surface area (Å²) in [4.78, 5) is 8.93. The van der Waals surface area contributed by atoms with Crippen molar-refractivity contribution in [3.05, 3.63) is 52.4 Å². The van der Waals surface area contributed by atoms with Crippen LogP contribution in [-0.4, -0.2) is 9.97 Å². The zero-order valence-electron chi connectivity index (χ0n) is 11.4. The monoisotopic (exact) mass is 319 g/mol. The molecule has 0 aliphatic heterocycles. The van der Waals surface area contributed by atoms with Crippen LogP contribution in [0, 0.1) is 0 Å². The Bertz CT molecular complexity index is 540. The Morgan fingerprint density at radius 3 is 2.37 bits per heavy atom. The minimum atomic E-state index is 0.211. The second kappa shape index (κ2) is 6.15. The van der Waals surface area contributed by atoms with Crippen LogP contribution in [0.1, 0.15) is 44.1 Å². The Morgan fingerprint density at radius 2 is 1.74 bits per heavy atom. The van der Waals surface area contributed by atoms with Gasteiger partial charge in [-0.3, -0.25) is 0 Å². The molecule has 4 heteroatoms. The van der Waals surface area contributed by atoms with E-state index in [4.69, 9.17) is 0 Å². The second-order valence-corrected chi connectivity index (χ2v) is 5.68. The van der Waals surface area contributed by atoms with Gasteiger partial charge in [-0.05, 0) is 28.4 Å². The highest BCUT2D eigenvalue weighted by Crippen LogP contribution is 2.21. The van der Waals surface area contributed by atoms with Crippen LogP contribution in [0.5, 0.6) is 0 Å². The quantitative estimate of drug-likeness (QED) is 0.841. The van der Waals surface area contributed by atoms with Gasteiger partial charge in [0.1, 0.15) is 16.2 Å². The predicted molar refractivity (Wildman–Crippen MR) is 82.3 cm³/mol. The molecule has 0 aliphatic rings. The average molecular weight is 320 g/mol. The van der Waals surface area contributed by atoms with Gasteiger partial charge in [0.2, 0.25) is 0 Å². The molecule has 0 bridgehead atoms. The summed E-state index contributed by atoms with van der Waals surface area (Å²) in [6, 6.07) is 12.4. The van der Waals surface area contributed by atoms with Crippen molar-refractivity contribution in [2.45, 2.75) is 32.7 Å². The fourth-order valence-electron chi connectivity index (χ4n) is 1.81. The van der Waals surface area contributed by atoms with Crippen LogP contribution >= 0.6 is 15.9 Å².